The lowest BCUT2D eigenvalue weighted by molar-refractivity contribution is -0.122. The second kappa shape index (κ2) is 14.4. The topological polar surface area (TPSA) is 64.4 Å². The van der Waals surface area contributed by atoms with Crippen molar-refractivity contribution in [3.63, 3.8) is 0 Å². The Balaban J connectivity index is 0.000000581. The Bertz CT molecular complexity index is 1580. The summed E-state index contributed by atoms with van der Waals surface area (Å²) in [5.41, 5.74) is 10.9. The molecule has 0 bridgehead atoms. The fourth-order valence-electron chi connectivity index (χ4n) is 5.08. The van der Waals surface area contributed by atoms with Crippen molar-refractivity contribution in [3.05, 3.63) is 90.1 Å². The first kappa shape index (κ1) is 30.6. The highest BCUT2D eigenvalue weighted by Crippen LogP contribution is 2.41. The SMILES string of the molecule is CC.CC.COc1cc2c(cc1P)-c1cc(-c3cc(-c4ccccc4)nc4ccccc34)c(C)n1CC2.O=CO. The first-order chi connectivity index (χ1) is 19.5. The Morgan fingerprint density at radius 1 is 0.900 bits per heavy atom. The average Bonchev–Trinajstić information content (AvgIpc) is 3.35. The molecule has 0 fully saturated rings. The number of methoxy groups -OCH3 is 1. The van der Waals surface area contributed by atoms with Gasteiger partial charge in [0.2, 0.25) is 0 Å². The fourth-order valence-corrected chi connectivity index (χ4v) is 5.44. The molecule has 0 saturated heterocycles. The van der Waals surface area contributed by atoms with Gasteiger partial charge in [0.15, 0.2) is 0 Å². The number of hydrogen-bond acceptors (Lipinski definition) is 3. The van der Waals surface area contributed by atoms with Gasteiger partial charge in [-0.3, -0.25) is 4.79 Å². The molecule has 0 aliphatic carbocycles. The van der Waals surface area contributed by atoms with Crippen LogP contribution in [-0.2, 0) is 17.8 Å². The highest BCUT2D eigenvalue weighted by molar-refractivity contribution is 7.27. The van der Waals surface area contributed by atoms with E-state index in [0.29, 0.717) is 0 Å². The summed E-state index contributed by atoms with van der Waals surface area (Å²) >= 11 is 0. The number of carboxylic acid groups (broad SMARTS) is 1. The van der Waals surface area contributed by atoms with Gasteiger partial charge in [0.1, 0.15) is 5.75 Å². The molecule has 0 saturated carbocycles. The maximum atomic E-state index is 8.36. The maximum absolute atomic E-state index is 8.36. The van der Waals surface area contributed by atoms with E-state index in [-0.39, 0.29) is 6.47 Å². The van der Waals surface area contributed by atoms with Gasteiger partial charge in [-0.15, -0.1) is 9.24 Å². The lowest BCUT2D eigenvalue weighted by Gasteiger charge is -2.22. The first-order valence-electron chi connectivity index (χ1n) is 13.8. The van der Waals surface area contributed by atoms with Crippen LogP contribution in [0.1, 0.15) is 39.0 Å². The van der Waals surface area contributed by atoms with Crippen molar-refractivity contribution in [2.75, 3.05) is 7.11 Å². The number of hydrogen-bond donors (Lipinski definition) is 1. The van der Waals surface area contributed by atoms with Gasteiger partial charge < -0.3 is 14.4 Å². The third kappa shape index (κ3) is 6.11. The van der Waals surface area contributed by atoms with Crippen LogP contribution in [0, 0.1) is 6.92 Å². The molecule has 2 aromatic heterocycles. The number of carbonyl (C=O) groups is 1. The molecule has 5 nitrogen and oxygen atoms in total. The van der Waals surface area contributed by atoms with E-state index in [1.54, 1.807) is 7.11 Å². The van der Waals surface area contributed by atoms with E-state index in [9.17, 15) is 0 Å². The molecule has 1 N–H and O–H groups in total. The molecule has 0 radical (unpaired) electrons. The Hall–Kier alpha value is -3.95. The second-order valence-corrected chi connectivity index (χ2v) is 9.35. The number of fused-ring (bicyclic) bond motifs is 4. The molecule has 6 heteroatoms. The van der Waals surface area contributed by atoms with Crippen LogP contribution >= 0.6 is 9.24 Å². The van der Waals surface area contributed by atoms with Gasteiger partial charge in [0.05, 0.1) is 18.3 Å². The zero-order valence-electron chi connectivity index (χ0n) is 24.2. The smallest absolute Gasteiger partial charge is 0.290 e. The van der Waals surface area contributed by atoms with E-state index in [1.807, 2.05) is 33.8 Å². The Morgan fingerprint density at radius 3 is 2.23 bits per heavy atom. The van der Waals surface area contributed by atoms with Gasteiger partial charge >= 0.3 is 0 Å². The third-order valence-corrected chi connectivity index (χ3v) is 7.23. The van der Waals surface area contributed by atoms with Crippen LogP contribution < -0.4 is 10.0 Å². The van der Waals surface area contributed by atoms with Crippen molar-refractivity contribution < 1.29 is 14.6 Å². The summed E-state index contributed by atoms with van der Waals surface area (Å²) < 4.78 is 8.03. The van der Waals surface area contributed by atoms with Gasteiger partial charge in [-0.25, -0.2) is 4.98 Å². The summed E-state index contributed by atoms with van der Waals surface area (Å²) in [5, 5.41) is 9.16. The number of aryl methyl sites for hydroxylation is 1. The highest BCUT2D eigenvalue weighted by atomic mass is 31.0. The molecule has 40 heavy (non-hydrogen) atoms. The van der Waals surface area contributed by atoms with Crippen molar-refractivity contribution in [2.24, 2.45) is 0 Å². The molecule has 0 spiro atoms. The zero-order chi connectivity index (χ0) is 29.2. The number of benzene rings is 3. The fraction of sp³-hybridized carbons (Fsp3) is 0.235. The molecule has 1 aliphatic rings. The van der Waals surface area contributed by atoms with Crippen LogP contribution in [0.15, 0.2) is 78.9 Å². The van der Waals surface area contributed by atoms with Gasteiger partial charge in [-0.2, -0.15) is 0 Å². The molecule has 3 heterocycles. The molecule has 208 valence electrons. The molecule has 1 unspecified atom stereocenters. The van der Waals surface area contributed by atoms with E-state index in [1.165, 1.54) is 39.0 Å². The van der Waals surface area contributed by atoms with E-state index in [0.717, 1.165) is 40.8 Å². The summed E-state index contributed by atoms with van der Waals surface area (Å²) in [5.74, 6) is 0.934. The number of aromatic nitrogens is 2. The summed E-state index contributed by atoms with van der Waals surface area (Å²) in [6.07, 6.45) is 1.00. The Morgan fingerprint density at radius 2 is 1.55 bits per heavy atom. The molecule has 1 aliphatic heterocycles. The monoisotopic (exact) mass is 554 g/mol. The largest absolute Gasteiger partial charge is 0.496 e. The van der Waals surface area contributed by atoms with Gasteiger partial charge in [0.25, 0.3) is 6.47 Å². The Labute approximate surface area is 240 Å². The quantitative estimate of drug-likeness (QED) is 0.181. The summed E-state index contributed by atoms with van der Waals surface area (Å²) in [7, 11) is 4.55. The molecular weight excluding hydrogens is 515 g/mol. The van der Waals surface area contributed by atoms with Crippen molar-refractivity contribution in [1.82, 2.24) is 9.55 Å². The van der Waals surface area contributed by atoms with Crippen LogP contribution in [0.5, 0.6) is 5.75 Å². The van der Waals surface area contributed by atoms with Crippen LogP contribution in [0.25, 0.3) is 44.5 Å². The highest BCUT2D eigenvalue weighted by Gasteiger charge is 2.23. The van der Waals surface area contributed by atoms with E-state index in [4.69, 9.17) is 19.6 Å². The minimum absolute atomic E-state index is 0.250. The first-order valence-corrected chi connectivity index (χ1v) is 14.3. The minimum Gasteiger partial charge on any atom is -0.496 e. The predicted octanol–water partition coefficient (Wildman–Crippen LogP) is 8.16. The lowest BCUT2D eigenvalue weighted by Crippen LogP contribution is -2.14. The lowest BCUT2D eigenvalue weighted by atomic mass is 9.96. The summed E-state index contributed by atoms with van der Waals surface area (Å²) in [6.45, 7) is 11.0. The molecule has 1 atom stereocenters. The summed E-state index contributed by atoms with van der Waals surface area (Å²) in [4.78, 5) is 13.3. The van der Waals surface area contributed by atoms with Crippen LogP contribution in [0.2, 0.25) is 0 Å². The summed E-state index contributed by atoms with van der Waals surface area (Å²) in [6, 6.07) is 27.9. The molecule has 6 rings (SSSR count). The number of pyridine rings is 1. The van der Waals surface area contributed by atoms with Gasteiger partial charge in [-0.1, -0.05) is 76.2 Å². The van der Waals surface area contributed by atoms with Crippen molar-refractivity contribution in [1.29, 1.82) is 0 Å². The van der Waals surface area contributed by atoms with Gasteiger partial charge in [0, 0.05) is 45.3 Å². The molecular formula is C34H39N2O3P. The zero-order valence-corrected chi connectivity index (χ0v) is 25.4. The number of para-hydroxylation sites is 1. The van der Waals surface area contributed by atoms with E-state index in [2.05, 4.69) is 93.5 Å². The number of ether oxygens (including phenoxy) is 1. The van der Waals surface area contributed by atoms with Crippen LogP contribution in [0.4, 0.5) is 0 Å². The maximum Gasteiger partial charge on any atom is 0.290 e. The molecule has 3 aromatic carbocycles. The normalized spacial score (nSPS) is 10.9. The molecule has 5 aromatic rings. The van der Waals surface area contributed by atoms with Crippen LogP contribution in [0.3, 0.4) is 0 Å². The van der Waals surface area contributed by atoms with Gasteiger partial charge in [-0.05, 0) is 54.8 Å². The standard InChI is InChI=1S/C29H25N2OP.2C2H6.CH2O2/c1-18-22(16-27-23-17-29(33)28(32-2)14-20(23)12-13-31(18)27)24-15-26(19-8-4-3-5-9-19)30-25-11-7-6-10-21(24)25;2*1-2;2-1-3/h3-11,14-17H,12-13,33H2,1-2H3;2*1-2H3;1H,(H,2,3). The average molecular weight is 555 g/mol. The number of rotatable bonds is 3. The van der Waals surface area contributed by atoms with Crippen LogP contribution in [-0.4, -0.2) is 28.2 Å². The minimum atomic E-state index is -0.250. The van der Waals surface area contributed by atoms with E-state index < -0.39 is 0 Å². The predicted molar refractivity (Wildman–Crippen MR) is 172 cm³/mol. The second-order valence-electron chi connectivity index (χ2n) is 8.73. The van der Waals surface area contributed by atoms with Crippen molar-refractivity contribution in [2.45, 2.75) is 47.6 Å². The molecule has 0 amide bonds. The van der Waals surface area contributed by atoms with Crippen molar-refractivity contribution >= 4 is 31.9 Å². The van der Waals surface area contributed by atoms with Crippen molar-refractivity contribution in [3.8, 4) is 39.4 Å². The third-order valence-electron chi connectivity index (χ3n) is 6.78. The Kier molecular flexibility index (Phi) is 11.0. The number of nitrogens with zero attached hydrogens (tertiary/aromatic N) is 2. The van der Waals surface area contributed by atoms with E-state index >= 15 is 0 Å².